The van der Waals surface area contributed by atoms with Crippen LogP contribution in [0.5, 0.6) is 5.75 Å². The number of hydrogen-bond acceptors (Lipinski definition) is 4. The van der Waals surface area contributed by atoms with Crippen LogP contribution in [0.3, 0.4) is 0 Å². The molecule has 0 aliphatic heterocycles. The number of nitrogens with one attached hydrogen (secondary N) is 1. The first-order valence-corrected chi connectivity index (χ1v) is 6.35. The molecule has 0 saturated heterocycles. The molecule has 0 spiro atoms. The Bertz CT molecular complexity index is 702. The van der Waals surface area contributed by atoms with Crippen LogP contribution in [0.4, 0.5) is 15.8 Å². The Labute approximate surface area is 121 Å². The third kappa shape index (κ3) is 3.28. The summed E-state index contributed by atoms with van der Waals surface area (Å²) in [6.07, 6.45) is 0. The number of nitrogens with zero attached hydrogens (tertiary/aromatic N) is 1. The maximum atomic E-state index is 13.1. The molecule has 6 heteroatoms. The summed E-state index contributed by atoms with van der Waals surface area (Å²) in [4.78, 5) is 10.5. The highest BCUT2D eigenvalue weighted by Crippen LogP contribution is 2.27. The summed E-state index contributed by atoms with van der Waals surface area (Å²) in [5, 5.41) is 23.6. The average molecular weight is 290 g/mol. The van der Waals surface area contributed by atoms with Crippen molar-refractivity contribution < 1.29 is 14.4 Å². The second kappa shape index (κ2) is 5.78. The highest BCUT2D eigenvalue weighted by Gasteiger charge is 2.13. The van der Waals surface area contributed by atoms with E-state index < -0.39 is 10.7 Å². The number of anilines is 1. The monoisotopic (exact) mass is 290 g/mol. The SMILES string of the molecule is Cc1cc(C)c([N+](=O)[O-])cc1NCc1cc(F)ccc1O. The Kier molecular flexibility index (Phi) is 4.07. The zero-order valence-corrected chi connectivity index (χ0v) is 11.7. The van der Waals surface area contributed by atoms with Crippen LogP contribution in [-0.4, -0.2) is 10.0 Å². The van der Waals surface area contributed by atoms with Crippen molar-refractivity contribution in [3.63, 3.8) is 0 Å². The topological polar surface area (TPSA) is 75.4 Å². The maximum Gasteiger partial charge on any atom is 0.274 e. The summed E-state index contributed by atoms with van der Waals surface area (Å²) in [6.45, 7) is 3.67. The summed E-state index contributed by atoms with van der Waals surface area (Å²) in [5.41, 5.74) is 2.41. The Morgan fingerprint density at radius 2 is 1.95 bits per heavy atom. The third-order valence-corrected chi connectivity index (χ3v) is 3.25. The molecule has 0 radical (unpaired) electrons. The van der Waals surface area contributed by atoms with Gasteiger partial charge >= 0.3 is 0 Å². The number of phenols is 1. The van der Waals surface area contributed by atoms with Crippen LogP contribution in [-0.2, 0) is 6.54 Å². The van der Waals surface area contributed by atoms with Crippen molar-refractivity contribution in [3.8, 4) is 5.75 Å². The molecule has 110 valence electrons. The van der Waals surface area contributed by atoms with Crippen LogP contribution < -0.4 is 5.32 Å². The molecule has 2 aromatic rings. The Hall–Kier alpha value is -2.63. The second-order valence-corrected chi connectivity index (χ2v) is 4.84. The van der Waals surface area contributed by atoms with Crippen molar-refractivity contribution in [1.82, 2.24) is 0 Å². The van der Waals surface area contributed by atoms with Gasteiger partial charge in [-0.1, -0.05) is 0 Å². The van der Waals surface area contributed by atoms with E-state index in [1.807, 2.05) is 6.92 Å². The molecule has 0 unspecified atom stereocenters. The van der Waals surface area contributed by atoms with Crippen molar-refractivity contribution >= 4 is 11.4 Å². The molecule has 0 aliphatic rings. The number of rotatable bonds is 4. The molecule has 0 fully saturated rings. The molecule has 2 N–H and O–H groups in total. The summed E-state index contributed by atoms with van der Waals surface area (Å²) in [6, 6.07) is 6.82. The van der Waals surface area contributed by atoms with Gasteiger partial charge in [0.1, 0.15) is 11.6 Å². The minimum absolute atomic E-state index is 0.0200. The lowest BCUT2D eigenvalue weighted by atomic mass is 10.1. The van der Waals surface area contributed by atoms with E-state index in [2.05, 4.69) is 5.32 Å². The molecule has 0 bridgehead atoms. The van der Waals surface area contributed by atoms with Crippen molar-refractivity contribution in [3.05, 3.63) is 63.0 Å². The first-order chi connectivity index (χ1) is 9.88. The Morgan fingerprint density at radius 3 is 2.62 bits per heavy atom. The molecular formula is C15H15FN2O3. The van der Waals surface area contributed by atoms with Gasteiger partial charge in [0.05, 0.1) is 4.92 Å². The van der Waals surface area contributed by atoms with E-state index >= 15 is 0 Å². The number of nitro benzene ring substituents is 1. The van der Waals surface area contributed by atoms with Gasteiger partial charge in [-0.25, -0.2) is 4.39 Å². The summed E-state index contributed by atoms with van der Waals surface area (Å²) >= 11 is 0. The van der Waals surface area contributed by atoms with Crippen LogP contribution in [0, 0.1) is 29.8 Å². The standard InChI is InChI=1S/C15H15FN2O3/c1-9-5-10(2)14(18(20)21)7-13(9)17-8-11-6-12(16)3-4-15(11)19/h3-7,17,19H,8H2,1-2H3. The number of phenolic OH excluding ortho intramolecular Hbond substituents is 1. The van der Waals surface area contributed by atoms with Gasteiger partial charge in [0, 0.05) is 29.4 Å². The zero-order valence-electron chi connectivity index (χ0n) is 11.7. The molecule has 0 aromatic heterocycles. The van der Waals surface area contributed by atoms with Gasteiger partial charge < -0.3 is 10.4 Å². The average Bonchev–Trinajstić information content (AvgIpc) is 2.41. The molecular weight excluding hydrogens is 275 g/mol. The molecule has 0 heterocycles. The zero-order chi connectivity index (χ0) is 15.6. The van der Waals surface area contributed by atoms with E-state index in [1.54, 1.807) is 13.0 Å². The number of halogens is 1. The van der Waals surface area contributed by atoms with E-state index in [-0.39, 0.29) is 18.0 Å². The van der Waals surface area contributed by atoms with Gasteiger partial charge in [0.2, 0.25) is 0 Å². The fourth-order valence-corrected chi connectivity index (χ4v) is 2.11. The fraction of sp³-hybridized carbons (Fsp3) is 0.200. The van der Waals surface area contributed by atoms with E-state index in [0.717, 1.165) is 5.56 Å². The third-order valence-electron chi connectivity index (χ3n) is 3.25. The molecule has 21 heavy (non-hydrogen) atoms. The molecule has 2 aromatic carbocycles. The van der Waals surface area contributed by atoms with Crippen molar-refractivity contribution in [2.75, 3.05) is 5.32 Å². The number of hydrogen-bond donors (Lipinski definition) is 2. The predicted octanol–water partition coefficient (Wildman–Crippen LogP) is 3.67. The molecule has 0 saturated carbocycles. The Balaban J connectivity index is 2.25. The van der Waals surface area contributed by atoms with E-state index in [4.69, 9.17) is 0 Å². The lowest BCUT2D eigenvalue weighted by molar-refractivity contribution is -0.385. The first-order valence-electron chi connectivity index (χ1n) is 6.35. The summed E-state index contributed by atoms with van der Waals surface area (Å²) in [5.74, 6) is -0.473. The number of nitro groups is 1. The fourth-order valence-electron chi connectivity index (χ4n) is 2.11. The van der Waals surface area contributed by atoms with Crippen LogP contribution in [0.15, 0.2) is 30.3 Å². The largest absolute Gasteiger partial charge is 0.508 e. The lowest BCUT2D eigenvalue weighted by Gasteiger charge is -2.12. The van der Waals surface area contributed by atoms with Gasteiger partial charge in [-0.2, -0.15) is 0 Å². The van der Waals surface area contributed by atoms with Crippen LogP contribution >= 0.6 is 0 Å². The van der Waals surface area contributed by atoms with Crippen LogP contribution in [0.2, 0.25) is 0 Å². The van der Waals surface area contributed by atoms with Gasteiger partial charge in [0.15, 0.2) is 0 Å². The number of benzene rings is 2. The van der Waals surface area contributed by atoms with Gasteiger partial charge in [-0.05, 0) is 43.7 Å². The van der Waals surface area contributed by atoms with Gasteiger partial charge in [-0.15, -0.1) is 0 Å². The van der Waals surface area contributed by atoms with E-state index in [9.17, 15) is 19.6 Å². The summed E-state index contributed by atoms with van der Waals surface area (Å²) < 4.78 is 13.1. The second-order valence-electron chi connectivity index (χ2n) is 4.84. The molecule has 5 nitrogen and oxygen atoms in total. The summed E-state index contributed by atoms with van der Waals surface area (Å²) in [7, 11) is 0. The minimum Gasteiger partial charge on any atom is -0.508 e. The number of aromatic hydroxyl groups is 1. The maximum absolute atomic E-state index is 13.1. The molecule has 0 atom stereocenters. The quantitative estimate of drug-likeness (QED) is 0.665. The van der Waals surface area contributed by atoms with Crippen molar-refractivity contribution in [2.45, 2.75) is 20.4 Å². The van der Waals surface area contributed by atoms with E-state index in [0.29, 0.717) is 16.8 Å². The van der Waals surface area contributed by atoms with Gasteiger partial charge in [-0.3, -0.25) is 10.1 Å². The van der Waals surface area contributed by atoms with Gasteiger partial charge in [0.25, 0.3) is 5.69 Å². The highest BCUT2D eigenvalue weighted by atomic mass is 19.1. The normalized spacial score (nSPS) is 10.4. The van der Waals surface area contributed by atoms with Crippen LogP contribution in [0.1, 0.15) is 16.7 Å². The van der Waals surface area contributed by atoms with E-state index in [1.165, 1.54) is 24.3 Å². The molecule has 2 rings (SSSR count). The molecule has 0 amide bonds. The Morgan fingerprint density at radius 1 is 1.24 bits per heavy atom. The molecule has 0 aliphatic carbocycles. The minimum atomic E-state index is -0.448. The number of aryl methyl sites for hydroxylation is 2. The van der Waals surface area contributed by atoms with Crippen molar-refractivity contribution in [2.24, 2.45) is 0 Å². The first kappa shape index (κ1) is 14.8. The lowest BCUT2D eigenvalue weighted by Crippen LogP contribution is -2.03. The smallest absolute Gasteiger partial charge is 0.274 e. The van der Waals surface area contributed by atoms with Crippen LogP contribution in [0.25, 0.3) is 0 Å². The highest BCUT2D eigenvalue weighted by molar-refractivity contribution is 5.60. The van der Waals surface area contributed by atoms with Crippen molar-refractivity contribution in [1.29, 1.82) is 0 Å². The predicted molar refractivity (Wildman–Crippen MR) is 78.0 cm³/mol.